The molecule has 2 amide bonds. The number of nitrogens with zero attached hydrogens (tertiary/aromatic N) is 1. The second kappa shape index (κ2) is 7.13. The molecule has 2 aromatic rings. The van der Waals surface area contributed by atoms with E-state index in [0.29, 0.717) is 10.1 Å². The van der Waals surface area contributed by atoms with Crippen LogP contribution in [0.25, 0.3) is 10.1 Å². The zero-order valence-electron chi connectivity index (χ0n) is 13.8. The molecule has 1 aliphatic rings. The monoisotopic (exact) mass is 418 g/mol. The van der Waals surface area contributed by atoms with Crippen molar-refractivity contribution >= 4 is 54.7 Å². The Morgan fingerprint density at radius 3 is 2.62 bits per heavy atom. The van der Waals surface area contributed by atoms with Crippen molar-refractivity contribution in [2.24, 2.45) is 0 Å². The molecule has 0 aliphatic carbocycles. The summed E-state index contributed by atoms with van der Waals surface area (Å²) in [6.07, 6.45) is 0. The maximum Gasteiger partial charge on any atom is 0.263 e. The number of halogens is 2. The molecule has 0 saturated carbocycles. The number of hydrogen-bond donors (Lipinski definition) is 1. The third-order valence-corrected chi connectivity index (χ3v) is 7.44. The molecule has 1 aliphatic heterocycles. The molecule has 0 radical (unpaired) electrons. The van der Waals surface area contributed by atoms with E-state index in [9.17, 15) is 22.4 Å². The van der Waals surface area contributed by atoms with Gasteiger partial charge in [0.05, 0.1) is 16.5 Å². The molecule has 1 unspecified atom stereocenters. The summed E-state index contributed by atoms with van der Waals surface area (Å²) in [5.41, 5.74) is 0. The molecule has 1 atom stereocenters. The zero-order valence-corrected chi connectivity index (χ0v) is 16.2. The second-order valence-electron chi connectivity index (χ2n) is 6.06. The molecule has 1 saturated heterocycles. The maximum absolute atomic E-state index is 13.3. The number of hydrogen-bond acceptors (Lipinski definition) is 5. The highest BCUT2D eigenvalue weighted by molar-refractivity contribution is 7.91. The number of carbonyl (C=O) groups excluding carboxylic acids is 2. The first-order chi connectivity index (χ1) is 12.2. The van der Waals surface area contributed by atoms with Gasteiger partial charge in [-0.05, 0) is 25.1 Å². The van der Waals surface area contributed by atoms with Gasteiger partial charge in [-0.25, -0.2) is 12.8 Å². The molecule has 6 nitrogen and oxygen atoms in total. The van der Waals surface area contributed by atoms with E-state index < -0.39 is 27.6 Å². The van der Waals surface area contributed by atoms with Crippen LogP contribution >= 0.6 is 22.9 Å². The third kappa shape index (κ3) is 3.84. The summed E-state index contributed by atoms with van der Waals surface area (Å²) in [5, 5.41) is 3.37. The minimum Gasteiger partial charge on any atom is -0.340 e. The first-order valence-electron chi connectivity index (χ1n) is 7.85. The van der Waals surface area contributed by atoms with Crippen LogP contribution in [0.4, 0.5) is 4.39 Å². The maximum atomic E-state index is 13.3. The van der Waals surface area contributed by atoms with E-state index in [2.05, 4.69) is 5.32 Å². The molecular formula is C16H16ClFN2O4S2. The van der Waals surface area contributed by atoms with Crippen LogP contribution in [-0.2, 0) is 14.6 Å². The summed E-state index contributed by atoms with van der Waals surface area (Å²) in [6.45, 7) is 1.76. The molecule has 0 spiro atoms. The van der Waals surface area contributed by atoms with E-state index in [1.54, 1.807) is 0 Å². The van der Waals surface area contributed by atoms with E-state index in [-0.39, 0.29) is 40.4 Å². The number of thiophene rings is 1. The summed E-state index contributed by atoms with van der Waals surface area (Å²) >= 11 is 7.26. The normalized spacial score (nSPS) is 17.9. The topological polar surface area (TPSA) is 83.6 Å². The smallest absolute Gasteiger partial charge is 0.263 e. The lowest BCUT2D eigenvalue weighted by Gasteiger charge is -2.29. The van der Waals surface area contributed by atoms with Crippen LogP contribution in [0.15, 0.2) is 18.2 Å². The molecule has 1 aromatic carbocycles. The third-order valence-electron chi connectivity index (χ3n) is 4.17. The van der Waals surface area contributed by atoms with Gasteiger partial charge < -0.3 is 10.2 Å². The zero-order chi connectivity index (χ0) is 19.1. The summed E-state index contributed by atoms with van der Waals surface area (Å²) in [5.74, 6) is -1.45. The number of carbonyl (C=O) groups is 2. The van der Waals surface area contributed by atoms with Crippen molar-refractivity contribution < 1.29 is 22.4 Å². The van der Waals surface area contributed by atoms with Gasteiger partial charge in [0.15, 0.2) is 9.84 Å². The lowest BCUT2D eigenvalue weighted by atomic mass is 10.2. The van der Waals surface area contributed by atoms with E-state index in [0.717, 1.165) is 11.3 Å². The number of sulfone groups is 1. The van der Waals surface area contributed by atoms with Crippen molar-refractivity contribution in [1.29, 1.82) is 0 Å². The standard InChI is InChI=1S/C16H16ClFN2O4S2/c1-9(16(22)20-4-6-26(23,24)7-5-20)19-15(21)14-13(17)11-3-2-10(18)8-12(11)25-14/h2-3,8-9H,4-7H2,1H3,(H,19,21). The van der Waals surface area contributed by atoms with Crippen LogP contribution in [0.3, 0.4) is 0 Å². The van der Waals surface area contributed by atoms with Crippen molar-refractivity contribution in [1.82, 2.24) is 10.2 Å². The Hall–Kier alpha value is -1.71. The Morgan fingerprint density at radius 1 is 1.31 bits per heavy atom. The van der Waals surface area contributed by atoms with Gasteiger partial charge in [-0.3, -0.25) is 9.59 Å². The fraction of sp³-hybridized carbons (Fsp3) is 0.375. The van der Waals surface area contributed by atoms with Crippen LogP contribution in [-0.4, -0.2) is 55.8 Å². The Kier molecular flexibility index (Phi) is 5.23. The van der Waals surface area contributed by atoms with E-state index in [1.807, 2.05) is 0 Å². The second-order valence-corrected chi connectivity index (χ2v) is 9.79. The lowest BCUT2D eigenvalue weighted by Crippen LogP contribution is -2.51. The van der Waals surface area contributed by atoms with Crippen molar-refractivity contribution in [3.05, 3.63) is 33.9 Å². The van der Waals surface area contributed by atoms with E-state index >= 15 is 0 Å². The lowest BCUT2D eigenvalue weighted by molar-refractivity contribution is -0.132. The quantitative estimate of drug-likeness (QED) is 0.827. The average Bonchev–Trinajstić information content (AvgIpc) is 2.90. The summed E-state index contributed by atoms with van der Waals surface area (Å²) < 4.78 is 36.8. The number of benzene rings is 1. The van der Waals surface area contributed by atoms with Gasteiger partial charge in [-0.2, -0.15) is 0 Å². The summed E-state index contributed by atoms with van der Waals surface area (Å²) in [6, 6.07) is 3.23. The highest BCUT2D eigenvalue weighted by Crippen LogP contribution is 2.35. The molecule has 3 rings (SSSR count). The summed E-state index contributed by atoms with van der Waals surface area (Å²) in [4.78, 5) is 26.5. The highest BCUT2D eigenvalue weighted by atomic mass is 35.5. The van der Waals surface area contributed by atoms with Gasteiger partial charge in [0.2, 0.25) is 5.91 Å². The molecule has 1 N–H and O–H groups in total. The first kappa shape index (κ1) is 19.1. The Bertz CT molecular complexity index is 976. The van der Waals surface area contributed by atoms with Gasteiger partial charge in [-0.15, -0.1) is 11.3 Å². The number of fused-ring (bicyclic) bond motifs is 1. The largest absolute Gasteiger partial charge is 0.340 e. The molecule has 2 heterocycles. The minimum atomic E-state index is -3.09. The van der Waals surface area contributed by atoms with Crippen LogP contribution in [0.2, 0.25) is 5.02 Å². The fourth-order valence-electron chi connectivity index (χ4n) is 2.72. The molecule has 10 heteroatoms. The molecular weight excluding hydrogens is 403 g/mol. The van der Waals surface area contributed by atoms with Gasteiger partial charge in [-0.1, -0.05) is 11.6 Å². The molecule has 140 valence electrons. The summed E-state index contributed by atoms with van der Waals surface area (Å²) in [7, 11) is -3.09. The van der Waals surface area contributed by atoms with Gasteiger partial charge >= 0.3 is 0 Å². The van der Waals surface area contributed by atoms with Gasteiger partial charge in [0.25, 0.3) is 5.91 Å². The Morgan fingerprint density at radius 2 is 1.96 bits per heavy atom. The van der Waals surface area contributed by atoms with E-state index in [1.165, 1.54) is 30.0 Å². The van der Waals surface area contributed by atoms with Crippen molar-refractivity contribution in [3.63, 3.8) is 0 Å². The molecule has 0 bridgehead atoms. The van der Waals surface area contributed by atoms with Gasteiger partial charge in [0.1, 0.15) is 16.7 Å². The predicted molar refractivity (Wildman–Crippen MR) is 99.0 cm³/mol. The Balaban J connectivity index is 1.71. The van der Waals surface area contributed by atoms with Crippen molar-refractivity contribution in [3.8, 4) is 0 Å². The fourth-order valence-corrected chi connectivity index (χ4v) is 5.36. The first-order valence-corrected chi connectivity index (χ1v) is 10.9. The average molecular weight is 419 g/mol. The van der Waals surface area contributed by atoms with Crippen LogP contribution < -0.4 is 5.32 Å². The number of amides is 2. The van der Waals surface area contributed by atoms with Crippen LogP contribution in [0, 0.1) is 5.82 Å². The van der Waals surface area contributed by atoms with Crippen molar-refractivity contribution in [2.75, 3.05) is 24.6 Å². The van der Waals surface area contributed by atoms with Crippen molar-refractivity contribution in [2.45, 2.75) is 13.0 Å². The van der Waals surface area contributed by atoms with Crippen LogP contribution in [0.5, 0.6) is 0 Å². The SMILES string of the molecule is CC(NC(=O)c1sc2cc(F)ccc2c1Cl)C(=O)N1CCS(=O)(=O)CC1. The minimum absolute atomic E-state index is 0.0763. The molecule has 1 aromatic heterocycles. The number of nitrogens with one attached hydrogen (secondary N) is 1. The van der Waals surface area contributed by atoms with E-state index in [4.69, 9.17) is 11.6 Å². The predicted octanol–water partition coefficient (Wildman–Crippen LogP) is 2.07. The molecule has 26 heavy (non-hydrogen) atoms. The van der Waals surface area contributed by atoms with Crippen LogP contribution in [0.1, 0.15) is 16.6 Å². The number of rotatable bonds is 3. The molecule has 1 fully saturated rings. The highest BCUT2D eigenvalue weighted by Gasteiger charge is 2.29. The van der Waals surface area contributed by atoms with Gasteiger partial charge in [0, 0.05) is 23.2 Å². The Labute approximate surface area is 158 Å².